The first-order valence-electron chi connectivity index (χ1n) is 31.3. The fourth-order valence-corrected chi connectivity index (χ4v) is 8.16. The van der Waals surface area contributed by atoms with E-state index in [1.54, 1.807) is 0 Å². The molecule has 0 rings (SSSR count). The van der Waals surface area contributed by atoms with Gasteiger partial charge < -0.3 is 14.2 Å². The molecule has 6 heteroatoms. The largest absolute Gasteiger partial charge is 0.462 e. The first kappa shape index (κ1) is 72.3. The van der Waals surface area contributed by atoms with Gasteiger partial charge in [-0.05, 0) is 135 Å². The molecule has 0 saturated heterocycles. The third kappa shape index (κ3) is 62.0. The van der Waals surface area contributed by atoms with Gasteiger partial charge in [0.05, 0.1) is 0 Å². The van der Waals surface area contributed by atoms with Crippen LogP contribution in [0.1, 0.15) is 265 Å². The van der Waals surface area contributed by atoms with Crippen molar-refractivity contribution in [3.8, 4) is 0 Å². The molecule has 1 unspecified atom stereocenters. The Labute approximate surface area is 474 Å². The van der Waals surface area contributed by atoms with Crippen molar-refractivity contribution in [1.82, 2.24) is 0 Å². The number of carbonyl (C=O) groups is 3. The van der Waals surface area contributed by atoms with Gasteiger partial charge in [0.25, 0.3) is 0 Å². The molecule has 0 aromatic heterocycles. The summed E-state index contributed by atoms with van der Waals surface area (Å²) in [7, 11) is 0. The molecule has 6 nitrogen and oxygen atoms in total. The maximum absolute atomic E-state index is 12.8. The Morgan fingerprint density at radius 2 is 0.506 bits per heavy atom. The molecule has 0 aromatic rings. The van der Waals surface area contributed by atoms with Crippen LogP contribution >= 0.6 is 0 Å². The van der Waals surface area contributed by atoms with E-state index in [-0.39, 0.29) is 31.1 Å². The highest BCUT2D eigenvalue weighted by atomic mass is 16.6. The monoisotopic (exact) mass is 1060 g/mol. The topological polar surface area (TPSA) is 78.9 Å². The Hall–Kier alpha value is -4.71. The molecule has 0 aliphatic carbocycles. The van der Waals surface area contributed by atoms with Gasteiger partial charge in [-0.15, -0.1) is 0 Å². The van der Waals surface area contributed by atoms with Crippen LogP contribution in [0.4, 0.5) is 0 Å². The van der Waals surface area contributed by atoms with E-state index in [1.165, 1.54) is 57.8 Å². The summed E-state index contributed by atoms with van der Waals surface area (Å²) in [6.07, 6.45) is 91.4. The van der Waals surface area contributed by atoms with Crippen molar-refractivity contribution in [1.29, 1.82) is 0 Å². The minimum atomic E-state index is -0.799. The van der Waals surface area contributed by atoms with Gasteiger partial charge in [0.15, 0.2) is 6.10 Å². The van der Waals surface area contributed by atoms with Gasteiger partial charge >= 0.3 is 17.9 Å². The van der Waals surface area contributed by atoms with E-state index in [9.17, 15) is 14.4 Å². The Morgan fingerprint density at radius 3 is 0.805 bits per heavy atom. The lowest BCUT2D eigenvalue weighted by Gasteiger charge is -2.18. The van der Waals surface area contributed by atoms with Crippen molar-refractivity contribution in [2.75, 3.05) is 13.2 Å². The molecule has 0 radical (unpaired) electrons. The molecule has 0 saturated carbocycles. The van der Waals surface area contributed by atoms with E-state index in [4.69, 9.17) is 14.2 Å². The van der Waals surface area contributed by atoms with Crippen molar-refractivity contribution in [3.63, 3.8) is 0 Å². The van der Waals surface area contributed by atoms with Gasteiger partial charge in [-0.3, -0.25) is 14.4 Å². The summed E-state index contributed by atoms with van der Waals surface area (Å²) in [5, 5.41) is 0. The minimum absolute atomic E-state index is 0.0959. The summed E-state index contributed by atoms with van der Waals surface area (Å²) < 4.78 is 16.8. The summed E-state index contributed by atoms with van der Waals surface area (Å²) in [4.78, 5) is 38.2. The van der Waals surface area contributed by atoms with Crippen LogP contribution in [0, 0.1) is 0 Å². The average molecular weight is 1060 g/mol. The standard InChI is InChI=1S/C71H114O6/c1-4-7-10-13-16-19-22-24-26-27-28-29-30-31-32-33-34-35-36-37-38-39-40-41-42-43-45-46-49-52-55-58-61-64-70(73)76-67-68(66-75-69(72)63-60-57-54-51-48-21-18-15-12-9-6-3)77-71(74)65-62-59-56-53-50-47-44-25-23-20-17-14-11-8-5-2/h7-8,10-11,15-20,24-26,28-29,31-32,34-35,37-38,40-41,44,68H,4-6,9,12-14,21-23,27,30,33,36,39,42-43,45-67H2,1-3H3/b10-7-,11-8-,18-15-,19-16-,20-17-,26-24-,29-28-,32-31-,35-34-,38-37-,41-40-,44-25-. The Kier molecular flexibility index (Phi) is 59.9. The molecule has 0 aliphatic rings. The quantitative estimate of drug-likeness (QED) is 0.0261. The number of esters is 3. The van der Waals surface area contributed by atoms with Crippen LogP contribution in [0.2, 0.25) is 0 Å². The second kappa shape index (κ2) is 63.8. The number of rotatable bonds is 55. The van der Waals surface area contributed by atoms with E-state index in [0.717, 1.165) is 167 Å². The first-order chi connectivity index (χ1) is 38.0. The highest BCUT2D eigenvalue weighted by molar-refractivity contribution is 5.71. The second-order valence-electron chi connectivity index (χ2n) is 20.2. The molecule has 77 heavy (non-hydrogen) atoms. The van der Waals surface area contributed by atoms with Crippen LogP contribution in [-0.4, -0.2) is 37.2 Å². The van der Waals surface area contributed by atoms with Gasteiger partial charge in [-0.1, -0.05) is 256 Å². The normalized spacial score (nSPS) is 13.1. The number of hydrogen-bond donors (Lipinski definition) is 0. The molecule has 434 valence electrons. The van der Waals surface area contributed by atoms with E-state index in [2.05, 4.69) is 167 Å². The third-order valence-corrected chi connectivity index (χ3v) is 12.8. The zero-order valence-electron chi connectivity index (χ0n) is 49.7. The molecular formula is C71H114O6. The van der Waals surface area contributed by atoms with Crippen LogP contribution in [0.25, 0.3) is 0 Å². The summed E-state index contributed by atoms with van der Waals surface area (Å²) in [5.74, 6) is -0.934. The molecule has 0 N–H and O–H groups in total. The van der Waals surface area contributed by atoms with Gasteiger partial charge in [0.1, 0.15) is 13.2 Å². The summed E-state index contributed by atoms with van der Waals surface area (Å²) in [5.41, 5.74) is 0. The van der Waals surface area contributed by atoms with Crippen LogP contribution < -0.4 is 0 Å². The molecular weight excluding hydrogens is 949 g/mol. The van der Waals surface area contributed by atoms with Crippen molar-refractivity contribution >= 4 is 17.9 Å². The molecule has 0 aromatic carbocycles. The lowest BCUT2D eigenvalue weighted by atomic mass is 10.1. The summed E-state index contributed by atoms with van der Waals surface area (Å²) in [6, 6.07) is 0. The number of unbranched alkanes of at least 4 members (excludes halogenated alkanes) is 20. The van der Waals surface area contributed by atoms with E-state index in [0.29, 0.717) is 19.3 Å². The van der Waals surface area contributed by atoms with Crippen molar-refractivity contribution in [2.24, 2.45) is 0 Å². The van der Waals surface area contributed by atoms with Crippen LogP contribution in [0.15, 0.2) is 146 Å². The van der Waals surface area contributed by atoms with Gasteiger partial charge in [-0.25, -0.2) is 0 Å². The lowest BCUT2D eigenvalue weighted by molar-refractivity contribution is -0.167. The minimum Gasteiger partial charge on any atom is -0.462 e. The van der Waals surface area contributed by atoms with Gasteiger partial charge in [-0.2, -0.15) is 0 Å². The van der Waals surface area contributed by atoms with Crippen LogP contribution in [-0.2, 0) is 28.6 Å². The molecule has 0 amide bonds. The van der Waals surface area contributed by atoms with Crippen LogP contribution in [0.3, 0.4) is 0 Å². The first-order valence-corrected chi connectivity index (χ1v) is 31.3. The fourth-order valence-electron chi connectivity index (χ4n) is 8.16. The van der Waals surface area contributed by atoms with Crippen molar-refractivity contribution in [2.45, 2.75) is 271 Å². The van der Waals surface area contributed by atoms with Crippen molar-refractivity contribution < 1.29 is 28.6 Å². The predicted molar refractivity (Wildman–Crippen MR) is 334 cm³/mol. The van der Waals surface area contributed by atoms with Crippen molar-refractivity contribution in [3.05, 3.63) is 146 Å². The molecule has 0 spiro atoms. The SMILES string of the molecule is CC/C=C\C/C=C\C/C=C\C/C=C\C/C=C\C/C=C\C/C=C\C/C=C\CCCCCCCCCCC(=O)OCC(COC(=O)CCCCCCC/C=C\CCCC)OC(=O)CCCCCCC/C=C\C/C=C\C/C=C\CC. The van der Waals surface area contributed by atoms with E-state index < -0.39 is 6.10 Å². The van der Waals surface area contributed by atoms with Gasteiger partial charge in [0.2, 0.25) is 0 Å². The highest BCUT2D eigenvalue weighted by Gasteiger charge is 2.19. The summed E-state index contributed by atoms with van der Waals surface area (Å²) in [6.45, 7) is 6.34. The number of carbonyl (C=O) groups excluding carboxylic acids is 3. The maximum Gasteiger partial charge on any atom is 0.306 e. The van der Waals surface area contributed by atoms with E-state index >= 15 is 0 Å². The maximum atomic E-state index is 12.8. The molecule has 1 atom stereocenters. The average Bonchev–Trinajstić information content (AvgIpc) is 3.43. The number of allylic oxidation sites excluding steroid dienone is 24. The molecule has 0 aliphatic heterocycles. The predicted octanol–water partition coefficient (Wildman–Crippen LogP) is 21.5. The van der Waals surface area contributed by atoms with Gasteiger partial charge in [0, 0.05) is 19.3 Å². The number of hydrogen-bond acceptors (Lipinski definition) is 6. The Balaban J connectivity index is 4.26. The lowest BCUT2D eigenvalue weighted by Crippen LogP contribution is -2.30. The molecule has 0 bridgehead atoms. The van der Waals surface area contributed by atoms with E-state index in [1.807, 2.05) is 0 Å². The Bertz CT molecular complexity index is 1700. The zero-order valence-corrected chi connectivity index (χ0v) is 49.7. The molecule has 0 heterocycles. The Morgan fingerprint density at radius 1 is 0.273 bits per heavy atom. The second-order valence-corrected chi connectivity index (χ2v) is 20.2. The van der Waals surface area contributed by atoms with Crippen LogP contribution in [0.5, 0.6) is 0 Å². The number of ether oxygens (including phenoxy) is 3. The summed E-state index contributed by atoms with van der Waals surface area (Å²) >= 11 is 0. The smallest absolute Gasteiger partial charge is 0.306 e. The third-order valence-electron chi connectivity index (χ3n) is 12.8. The highest BCUT2D eigenvalue weighted by Crippen LogP contribution is 2.14. The zero-order chi connectivity index (χ0) is 55.7. The fraction of sp³-hybridized carbons (Fsp3) is 0.620. The molecule has 0 fully saturated rings.